The van der Waals surface area contributed by atoms with E-state index in [4.69, 9.17) is 4.74 Å². The van der Waals surface area contributed by atoms with Crippen molar-refractivity contribution in [2.75, 3.05) is 23.3 Å². The predicted octanol–water partition coefficient (Wildman–Crippen LogP) is 4.97. The van der Waals surface area contributed by atoms with Gasteiger partial charge in [0.15, 0.2) is 10.9 Å². The van der Waals surface area contributed by atoms with E-state index in [-0.39, 0.29) is 0 Å². The van der Waals surface area contributed by atoms with E-state index in [1.807, 2.05) is 49.4 Å². The summed E-state index contributed by atoms with van der Waals surface area (Å²) >= 11 is 1.62. The van der Waals surface area contributed by atoms with Crippen LogP contribution in [0.1, 0.15) is 19.8 Å². The van der Waals surface area contributed by atoms with Crippen molar-refractivity contribution in [3.8, 4) is 11.6 Å². The molecule has 0 unspecified atom stereocenters. The van der Waals surface area contributed by atoms with E-state index < -0.39 is 5.60 Å². The molecule has 0 bridgehead atoms. The molecule has 8 heteroatoms. The summed E-state index contributed by atoms with van der Waals surface area (Å²) in [5, 5.41) is 14.4. The number of para-hydroxylation sites is 1. The topological polar surface area (TPSA) is 83.4 Å². The second kappa shape index (κ2) is 8.13. The van der Waals surface area contributed by atoms with E-state index in [0.717, 1.165) is 21.0 Å². The van der Waals surface area contributed by atoms with Crippen LogP contribution < -0.4 is 15.0 Å². The Bertz CT molecular complexity index is 1150. The maximum absolute atomic E-state index is 10.2. The lowest BCUT2D eigenvalue weighted by atomic mass is 9.94. The first kappa shape index (κ1) is 19.7. The van der Waals surface area contributed by atoms with Gasteiger partial charge in [-0.25, -0.2) is 15.0 Å². The summed E-state index contributed by atoms with van der Waals surface area (Å²) in [5.74, 6) is 1.85. The van der Waals surface area contributed by atoms with Crippen molar-refractivity contribution in [2.45, 2.75) is 25.4 Å². The first-order chi connectivity index (χ1) is 15.1. The Labute approximate surface area is 184 Å². The highest BCUT2D eigenvalue weighted by Gasteiger charge is 2.29. The van der Waals surface area contributed by atoms with Crippen molar-refractivity contribution in [3.63, 3.8) is 0 Å². The Morgan fingerprint density at radius 1 is 1.03 bits per heavy atom. The van der Waals surface area contributed by atoms with Crippen molar-refractivity contribution in [2.24, 2.45) is 0 Å². The molecule has 0 aliphatic carbocycles. The second-order valence-corrected chi connectivity index (χ2v) is 8.94. The molecule has 4 aromatic rings. The van der Waals surface area contributed by atoms with Gasteiger partial charge < -0.3 is 20.1 Å². The highest BCUT2D eigenvalue weighted by atomic mass is 32.1. The maximum Gasteiger partial charge on any atom is 0.263 e. The molecule has 158 valence electrons. The largest absolute Gasteiger partial charge is 0.436 e. The number of nitrogens with one attached hydrogen (secondary N) is 1. The Morgan fingerprint density at radius 2 is 1.77 bits per heavy atom. The Hall–Kier alpha value is -3.23. The molecule has 2 aromatic carbocycles. The molecule has 0 saturated carbocycles. The highest BCUT2D eigenvalue weighted by Crippen LogP contribution is 2.33. The van der Waals surface area contributed by atoms with Gasteiger partial charge in [-0.3, -0.25) is 0 Å². The number of thiazole rings is 1. The van der Waals surface area contributed by atoms with E-state index in [2.05, 4.69) is 31.2 Å². The molecule has 2 N–H and O–H groups in total. The molecule has 31 heavy (non-hydrogen) atoms. The minimum Gasteiger partial charge on any atom is -0.436 e. The molecule has 1 fully saturated rings. The van der Waals surface area contributed by atoms with Crippen molar-refractivity contribution in [1.82, 2.24) is 15.0 Å². The molecule has 0 atom stereocenters. The minimum absolute atomic E-state index is 0.468. The van der Waals surface area contributed by atoms with E-state index in [1.54, 1.807) is 23.7 Å². The van der Waals surface area contributed by atoms with Gasteiger partial charge in [0.1, 0.15) is 5.75 Å². The van der Waals surface area contributed by atoms with Crippen LogP contribution in [-0.2, 0) is 0 Å². The highest BCUT2D eigenvalue weighted by molar-refractivity contribution is 7.22. The number of aromatic nitrogens is 3. The zero-order valence-corrected chi connectivity index (χ0v) is 18.0. The number of anilines is 3. The van der Waals surface area contributed by atoms with Gasteiger partial charge in [-0.15, -0.1) is 0 Å². The fraction of sp³-hybridized carbons (Fsp3) is 0.261. The summed E-state index contributed by atoms with van der Waals surface area (Å²) in [7, 11) is 0. The molecule has 2 aromatic heterocycles. The smallest absolute Gasteiger partial charge is 0.263 e. The third-order valence-electron chi connectivity index (χ3n) is 5.40. The van der Waals surface area contributed by atoms with Crippen LogP contribution >= 0.6 is 11.3 Å². The first-order valence-electron chi connectivity index (χ1n) is 10.2. The summed E-state index contributed by atoms with van der Waals surface area (Å²) in [6.07, 6.45) is 4.67. The van der Waals surface area contributed by atoms with Gasteiger partial charge >= 0.3 is 0 Å². The lowest BCUT2D eigenvalue weighted by Crippen LogP contribution is -2.42. The fourth-order valence-electron chi connectivity index (χ4n) is 3.57. The van der Waals surface area contributed by atoms with Crippen molar-refractivity contribution in [1.29, 1.82) is 0 Å². The number of hydrogen-bond donors (Lipinski definition) is 2. The van der Waals surface area contributed by atoms with Gasteiger partial charge in [0.05, 0.1) is 15.8 Å². The van der Waals surface area contributed by atoms with Gasteiger partial charge in [-0.05, 0) is 56.2 Å². The molecule has 1 aliphatic heterocycles. The number of aliphatic hydroxyl groups is 1. The van der Waals surface area contributed by atoms with Crippen molar-refractivity contribution < 1.29 is 9.84 Å². The summed E-state index contributed by atoms with van der Waals surface area (Å²) < 4.78 is 7.20. The Balaban J connectivity index is 1.29. The van der Waals surface area contributed by atoms with Gasteiger partial charge in [0.25, 0.3) is 5.88 Å². The lowest BCUT2D eigenvalue weighted by molar-refractivity contribution is 0.0349. The van der Waals surface area contributed by atoms with Crippen LogP contribution in [0.4, 0.5) is 16.6 Å². The van der Waals surface area contributed by atoms with E-state index in [0.29, 0.717) is 43.4 Å². The SMILES string of the molecule is CC1(O)CCN(c2nccnc2Oc2ccc(Nc3nc4ccccc4s3)cc2)CC1. The summed E-state index contributed by atoms with van der Waals surface area (Å²) in [5.41, 5.74) is 1.31. The summed E-state index contributed by atoms with van der Waals surface area (Å²) in [4.78, 5) is 15.6. The molecule has 0 radical (unpaired) electrons. The summed E-state index contributed by atoms with van der Waals surface area (Å²) in [6.45, 7) is 3.31. The summed E-state index contributed by atoms with van der Waals surface area (Å²) in [6, 6.07) is 15.8. The average molecular weight is 434 g/mol. The normalized spacial score (nSPS) is 15.7. The quantitative estimate of drug-likeness (QED) is 0.459. The van der Waals surface area contributed by atoms with E-state index in [1.165, 1.54) is 0 Å². The molecule has 1 saturated heterocycles. The molecule has 0 amide bonds. The molecular formula is C23H23N5O2S. The Kier molecular flexibility index (Phi) is 5.17. The molecule has 5 rings (SSSR count). The van der Waals surface area contributed by atoms with Gasteiger partial charge in [-0.1, -0.05) is 23.5 Å². The van der Waals surface area contributed by atoms with Crippen molar-refractivity contribution in [3.05, 3.63) is 60.9 Å². The number of piperidine rings is 1. The van der Waals surface area contributed by atoms with Gasteiger partial charge in [-0.2, -0.15) is 0 Å². The molecular weight excluding hydrogens is 410 g/mol. The van der Waals surface area contributed by atoms with Crippen LogP contribution in [0.25, 0.3) is 10.2 Å². The second-order valence-electron chi connectivity index (χ2n) is 7.91. The van der Waals surface area contributed by atoms with Crippen LogP contribution in [-0.4, -0.2) is 38.7 Å². The van der Waals surface area contributed by atoms with Crippen LogP contribution in [0.2, 0.25) is 0 Å². The molecule has 0 spiro atoms. The zero-order valence-electron chi connectivity index (χ0n) is 17.2. The van der Waals surface area contributed by atoms with E-state index in [9.17, 15) is 5.11 Å². The third kappa shape index (κ3) is 4.45. The monoisotopic (exact) mass is 433 g/mol. The number of hydrogen-bond acceptors (Lipinski definition) is 8. The van der Waals surface area contributed by atoms with Crippen molar-refractivity contribution >= 4 is 38.2 Å². The zero-order chi connectivity index (χ0) is 21.3. The lowest BCUT2D eigenvalue weighted by Gasteiger charge is -2.36. The van der Waals surface area contributed by atoms with Crippen LogP contribution in [0.15, 0.2) is 60.9 Å². The molecule has 3 heterocycles. The number of nitrogens with zero attached hydrogens (tertiary/aromatic N) is 4. The minimum atomic E-state index is -0.619. The fourth-order valence-corrected chi connectivity index (χ4v) is 4.46. The van der Waals surface area contributed by atoms with Crippen LogP contribution in [0.5, 0.6) is 11.6 Å². The standard InChI is InChI=1S/C23H23N5O2S/c1-23(29)10-14-28(15-11-23)20-21(25-13-12-24-20)30-17-8-6-16(7-9-17)26-22-27-18-4-2-3-5-19(18)31-22/h2-9,12-13,29H,10-11,14-15H2,1H3,(H,26,27). The molecule has 7 nitrogen and oxygen atoms in total. The van der Waals surface area contributed by atoms with E-state index >= 15 is 0 Å². The first-order valence-corrected chi connectivity index (χ1v) is 11.1. The number of ether oxygens (including phenoxy) is 1. The number of benzene rings is 2. The number of rotatable bonds is 5. The third-order valence-corrected chi connectivity index (χ3v) is 6.35. The predicted molar refractivity (Wildman–Crippen MR) is 124 cm³/mol. The van der Waals surface area contributed by atoms with Gasteiger partial charge in [0.2, 0.25) is 0 Å². The Morgan fingerprint density at radius 3 is 2.55 bits per heavy atom. The van der Waals surface area contributed by atoms with Gasteiger partial charge in [0, 0.05) is 31.2 Å². The molecule has 1 aliphatic rings. The van der Waals surface area contributed by atoms with Crippen LogP contribution in [0.3, 0.4) is 0 Å². The maximum atomic E-state index is 10.2. The average Bonchev–Trinajstić information content (AvgIpc) is 3.18. The van der Waals surface area contributed by atoms with Crippen LogP contribution in [0, 0.1) is 0 Å². The number of fused-ring (bicyclic) bond motifs is 1.